The quantitative estimate of drug-likeness (QED) is 0.438. The van der Waals surface area contributed by atoms with Gasteiger partial charge in [-0.3, -0.25) is 9.10 Å². The molecule has 1 aliphatic heterocycles. The molecule has 3 aromatic rings. The van der Waals surface area contributed by atoms with Gasteiger partial charge in [-0.1, -0.05) is 44.2 Å². The predicted molar refractivity (Wildman–Crippen MR) is 137 cm³/mol. The van der Waals surface area contributed by atoms with Gasteiger partial charge in [0.1, 0.15) is 23.9 Å². The van der Waals surface area contributed by atoms with Gasteiger partial charge in [0.15, 0.2) is 6.10 Å². The summed E-state index contributed by atoms with van der Waals surface area (Å²) in [6, 6.07) is 20.7. The molecule has 36 heavy (non-hydrogen) atoms. The van der Waals surface area contributed by atoms with Gasteiger partial charge in [0.2, 0.25) is 0 Å². The number of fused-ring (bicyclic) bond motifs is 1. The molecule has 0 fully saturated rings. The van der Waals surface area contributed by atoms with Crippen molar-refractivity contribution in [2.24, 2.45) is 0 Å². The van der Waals surface area contributed by atoms with Crippen LogP contribution in [-0.2, 0) is 14.8 Å². The summed E-state index contributed by atoms with van der Waals surface area (Å²) >= 11 is 0. The Kier molecular flexibility index (Phi) is 7.69. The zero-order chi connectivity index (χ0) is 25.7. The van der Waals surface area contributed by atoms with E-state index in [0.717, 1.165) is 11.3 Å². The van der Waals surface area contributed by atoms with E-state index in [1.165, 1.54) is 23.5 Å². The summed E-state index contributed by atoms with van der Waals surface area (Å²) in [6.45, 7) is 4.54. The second-order valence-electron chi connectivity index (χ2n) is 8.62. The van der Waals surface area contributed by atoms with Gasteiger partial charge in [-0.25, -0.2) is 8.42 Å². The highest BCUT2D eigenvalue weighted by Gasteiger charge is 2.37. The van der Waals surface area contributed by atoms with E-state index < -0.39 is 22.0 Å². The van der Waals surface area contributed by atoms with Crippen LogP contribution in [0.1, 0.15) is 25.3 Å². The molecule has 9 heteroatoms. The third-order valence-electron chi connectivity index (χ3n) is 5.87. The van der Waals surface area contributed by atoms with Gasteiger partial charge in [-0.2, -0.15) is 0 Å². The highest BCUT2D eigenvalue weighted by atomic mass is 32.2. The van der Waals surface area contributed by atoms with E-state index in [-0.39, 0.29) is 24.6 Å². The van der Waals surface area contributed by atoms with Gasteiger partial charge in [-0.05, 0) is 53.9 Å². The molecule has 0 radical (unpaired) electrons. The van der Waals surface area contributed by atoms with Gasteiger partial charge in [0, 0.05) is 0 Å². The van der Waals surface area contributed by atoms with Crippen LogP contribution in [0.15, 0.2) is 77.7 Å². The number of benzene rings is 3. The second-order valence-corrected chi connectivity index (χ2v) is 10.5. The number of methoxy groups -OCH3 is 1. The minimum atomic E-state index is -3.95. The first kappa shape index (κ1) is 25.4. The van der Waals surface area contributed by atoms with Crippen LogP contribution in [0, 0.1) is 0 Å². The number of carbonyl (C=O) groups is 1. The van der Waals surface area contributed by atoms with Crippen LogP contribution >= 0.6 is 0 Å². The van der Waals surface area contributed by atoms with Crippen LogP contribution in [0.4, 0.5) is 5.69 Å². The fourth-order valence-corrected chi connectivity index (χ4v) is 5.46. The predicted octanol–water partition coefficient (Wildman–Crippen LogP) is 3.97. The molecule has 4 rings (SSSR count). The Bertz CT molecular complexity index is 1310. The van der Waals surface area contributed by atoms with Crippen LogP contribution in [0.5, 0.6) is 17.2 Å². The molecule has 1 atom stereocenters. The lowest BCUT2D eigenvalue weighted by Crippen LogP contribution is -2.51. The molecule has 1 N–H and O–H groups in total. The summed E-state index contributed by atoms with van der Waals surface area (Å²) in [5, 5.41) is 2.80. The summed E-state index contributed by atoms with van der Waals surface area (Å²) in [7, 11) is -2.43. The van der Waals surface area contributed by atoms with Gasteiger partial charge < -0.3 is 19.5 Å². The van der Waals surface area contributed by atoms with Gasteiger partial charge >= 0.3 is 0 Å². The topological polar surface area (TPSA) is 94.2 Å². The molecular formula is C27H30N2O6S. The summed E-state index contributed by atoms with van der Waals surface area (Å²) in [6.07, 6.45) is -1.02. The Morgan fingerprint density at radius 1 is 1.06 bits per heavy atom. The minimum absolute atomic E-state index is 0.0939. The number of carbonyl (C=O) groups excluding carboxylic acids is 1. The molecule has 1 amide bonds. The molecule has 3 aromatic carbocycles. The zero-order valence-corrected chi connectivity index (χ0v) is 21.3. The van der Waals surface area contributed by atoms with Crippen LogP contribution in [0.3, 0.4) is 0 Å². The van der Waals surface area contributed by atoms with Crippen molar-refractivity contribution in [3.8, 4) is 17.2 Å². The number of rotatable bonds is 9. The van der Waals surface area contributed by atoms with E-state index in [0.29, 0.717) is 23.1 Å². The normalized spacial score (nSPS) is 15.1. The van der Waals surface area contributed by atoms with Crippen LogP contribution in [0.25, 0.3) is 0 Å². The number of ether oxygens (including phenoxy) is 3. The first-order valence-corrected chi connectivity index (χ1v) is 13.2. The molecule has 0 saturated carbocycles. The number of para-hydroxylation sites is 3. The van der Waals surface area contributed by atoms with Crippen molar-refractivity contribution in [2.75, 3.05) is 31.1 Å². The second kappa shape index (κ2) is 10.9. The first-order chi connectivity index (χ1) is 17.3. The van der Waals surface area contributed by atoms with E-state index in [9.17, 15) is 13.2 Å². The van der Waals surface area contributed by atoms with Crippen molar-refractivity contribution >= 4 is 21.6 Å². The molecule has 0 bridgehead atoms. The average molecular weight is 511 g/mol. The number of hydrogen-bond acceptors (Lipinski definition) is 6. The van der Waals surface area contributed by atoms with Crippen molar-refractivity contribution in [1.29, 1.82) is 0 Å². The van der Waals surface area contributed by atoms with Gasteiger partial charge in [0.05, 0.1) is 30.8 Å². The first-order valence-electron chi connectivity index (χ1n) is 11.7. The number of anilines is 1. The van der Waals surface area contributed by atoms with E-state index in [4.69, 9.17) is 14.2 Å². The zero-order valence-electron chi connectivity index (χ0n) is 20.5. The van der Waals surface area contributed by atoms with E-state index in [1.54, 1.807) is 36.4 Å². The molecular weight excluding hydrogens is 480 g/mol. The molecule has 190 valence electrons. The number of hydrogen-bond donors (Lipinski definition) is 1. The molecule has 0 unspecified atom stereocenters. The maximum Gasteiger partial charge on any atom is 0.264 e. The molecule has 0 spiro atoms. The summed E-state index contributed by atoms with van der Waals surface area (Å²) in [5.74, 6) is 1.54. The Hall–Kier alpha value is -3.72. The Morgan fingerprint density at radius 2 is 1.75 bits per heavy atom. The molecule has 1 heterocycles. The number of nitrogens with one attached hydrogen (secondary N) is 1. The van der Waals surface area contributed by atoms with Crippen LogP contribution < -0.4 is 23.8 Å². The lowest BCUT2D eigenvalue weighted by Gasteiger charge is -2.34. The molecule has 0 aliphatic carbocycles. The van der Waals surface area contributed by atoms with Crippen LogP contribution in [-0.4, -0.2) is 47.2 Å². The lowest BCUT2D eigenvalue weighted by molar-refractivity contribution is -0.127. The summed E-state index contributed by atoms with van der Waals surface area (Å²) in [5.41, 5.74) is 1.47. The molecule has 8 nitrogen and oxygen atoms in total. The van der Waals surface area contributed by atoms with Crippen molar-refractivity contribution in [2.45, 2.75) is 30.8 Å². The van der Waals surface area contributed by atoms with Gasteiger partial charge in [-0.15, -0.1) is 0 Å². The smallest absolute Gasteiger partial charge is 0.264 e. The maximum atomic E-state index is 13.5. The van der Waals surface area contributed by atoms with Crippen molar-refractivity contribution in [1.82, 2.24) is 5.32 Å². The SMILES string of the molecule is COc1ccc(S(=O)(=O)N2C[C@H](C(=O)NCCOc3ccccc3C(C)C)Oc3ccccc32)cc1. The largest absolute Gasteiger partial charge is 0.497 e. The fraction of sp³-hybridized carbons (Fsp3) is 0.296. The summed E-state index contributed by atoms with van der Waals surface area (Å²) in [4.78, 5) is 13.1. The monoisotopic (exact) mass is 510 g/mol. The standard InChI is InChI=1S/C27H30N2O6S/c1-19(2)22-8-4-6-10-24(22)34-17-16-28-27(30)26-18-29(23-9-5-7-11-25(23)35-26)36(31,32)21-14-12-20(33-3)13-15-21/h4-15,19,26H,16-18H2,1-3H3,(H,28,30)/t26-/m1/s1. The summed E-state index contributed by atoms with van der Waals surface area (Å²) < 4.78 is 45.1. The van der Waals surface area contributed by atoms with E-state index >= 15 is 0 Å². The number of sulfonamides is 1. The Labute approximate surface area is 211 Å². The number of nitrogens with zero attached hydrogens (tertiary/aromatic N) is 1. The lowest BCUT2D eigenvalue weighted by atomic mass is 10.0. The Morgan fingerprint density at radius 3 is 2.47 bits per heavy atom. The van der Waals surface area contributed by atoms with E-state index in [2.05, 4.69) is 19.2 Å². The third kappa shape index (κ3) is 5.41. The Balaban J connectivity index is 1.45. The minimum Gasteiger partial charge on any atom is -0.497 e. The molecule has 0 aromatic heterocycles. The van der Waals surface area contributed by atoms with E-state index in [1.807, 2.05) is 24.3 Å². The maximum absolute atomic E-state index is 13.5. The highest BCUT2D eigenvalue weighted by molar-refractivity contribution is 7.92. The van der Waals surface area contributed by atoms with Gasteiger partial charge in [0.25, 0.3) is 15.9 Å². The molecule has 1 aliphatic rings. The fourth-order valence-electron chi connectivity index (χ4n) is 3.98. The van der Waals surface area contributed by atoms with Crippen LogP contribution in [0.2, 0.25) is 0 Å². The van der Waals surface area contributed by atoms with Crippen molar-refractivity contribution in [3.05, 3.63) is 78.4 Å². The molecule has 0 saturated heterocycles. The number of amides is 1. The third-order valence-corrected chi connectivity index (χ3v) is 7.67. The highest BCUT2D eigenvalue weighted by Crippen LogP contribution is 2.37. The van der Waals surface area contributed by atoms with Crippen molar-refractivity contribution < 1.29 is 27.4 Å². The average Bonchev–Trinajstić information content (AvgIpc) is 2.90. The van der Waals surface area contributed by atoms with Crippen molar-refractivity contribution in [3.63, 3.8) is 0 Å².